The zero-order valence-corrected chi connectivity index (χ0v) is 15.6. The second kappa shape index (κ2) is 7.45. The number of nitrogens with one attached hydrogen (secondary N) is 1. The molecule has 2 amide bonds. The Hall–Kier alpha value is -2.41. The van der Waals surface area contributed by atoms with Gasteiger partial charge in [-0.25, -0.2) is 4.98 Å². The highest BCUT2D eigenvalue weighted by Gasteiger charge is 2.23. The fraction of sp³-hybridized carbons (Fsp3) is 0.526. The summed E-state index contributed by atoms with van der Waals surface area (Å²) in [5, 5.41) is 2.93. The van der Waals surface area contributed by atoms with E-state index < -0.39 is 5.41 Å². The summed E-state index contributed by atoms with van der Waals surface area (Å²) in [6.07, 6.45) is 0. The van der Waals surface area contributed by atoms with Gasteiger partial charge in [-0.2, -0.15) is 0 Å². The lowest BCUT2D eigenvalue weighted by molar-refractivity contribution is -0.135. The predicted molar refractivity (Wildman–Crippen MR) is 98.4 cm³/mol. The van der Waals surface area contributed by atoms with Crippen molar-refractivity contribution >= 4 is 22.8 Å². The molecule has 3 rings (SSSR count). The molecule has 1 aliphatic rings. The van der Waals surface area contributed by atoms with Crippen molar-refractivity contribution in [1.29, 1.82) is 0 Å². The molecule has 2 heterocycles. The van der Waals surface area contributed by atoms with Gasteiger partial charge in [-0.05, 0) is 12.1 Å². The van der Waals surface area contributed by atoms with E-state index in [1.54, 1.807) is 0 Å². The molecule has 0 radical (unpaired) electrons. The van der Waals surface area contributed by atoms with Gasteiger partial charge in [0.25, 0.3) is 0 Å². The van der Waals surface area contributed by atoms with Gasteiger partial charge in [0.2, 0.25) is 11.8 Å². The summed E-state index contributed by atoms with van der Waals surface area (Å²) in [5.74, 6) is 0.681. The van der Waals surface area contributed by atoms with Crippen LogP contribution in [0.5, 0.6) is 0 Å². The Kier molecular flexibility index (Phi) is 5.27. The van der Waals surface area contributed by atoms with Crippen LogP contribution in [0.15, 0.2) is 24.3 Å². The Morgan fingerprint density at radius 2 is 1.88 bits per heavy atom. The van der Waals surface area contributed by atoms with Crippen LogP contribution in [0.25, 0.3) is 11.0 Å². The molecule has 0 atom stereocenters. The van der Waals surface area contributed by atoms with Gasteiger partial charge in [0.05, 0.1) is 30.8 Å². The Morgan fingerprint density at radius 1 is 1.19 bits per heavy atom. The third kappa shape index (κ3) is 4.04. The molecule has 2 aromatic rings. The van der Waals surface area contributed by atoms with E-state index in [0.717, 1.165) is 11.0 Å². The van der Waals surface area contributed by atoms with Crippen LogP contribution in [0.4, 0.5) is 0 Å². The van der Waals surface area contributed by atoms with Crippen LogP contribution in [-0.4, -0.2) is 52.6 Å². The normalized spacial score (nSPS) is 15.3. The van der Waals surface area contributed by atoms with E-state index >= 15 is 0 Å². The number of morpholine rings is 1. The number of rotatable bonds is 4. The molecule has 0 bridgehead atoms. The number of carbonyl (C=O) groups excluding carboxylic acids is 2. The van der Waals surface area contributed by atoms with Crippen LogP contribution in [0.3, 0.4) is 0 Å². The molecule has 0 saturated carbocycles. The van der Waals surface area contributed by atoms with Crippen molar-refractivity contribution in [2.24, 2.45) is 5.41 Å². The van der Waals surface area contributed by atoms with Crippen molar-refractivity contribution in [3.05, 3.63) is 30.1 Å². The Bertz CT molecular complexity index is 801. The van der Waals surface area contributed by atoms with Crippen LogP contribution in [0.2, 0.25) is 0 Å². The smallest absolute Gasteiger partial charge is 0.242 e. The quantitative estimate of drug-likeness (QED) is 0.900. The molecule has 1 N–H and O–H groups in total. The lowest BCUT2D eigenvalue weighted by Gasteiger charge is -2.27. The molecule has 1 aromatic carbocycles. The predicted octanol–water partition coefficient (Wildman–Crippen LogP) is 1.56. The molecule has 7 nitrogen and oxygen atoms in total. The minimum absolute atomic E-state index is 0.0415. The van der Waals surface area contributed by atoms with E-state index in [1.165, 1.54) is 0 Å². The molecule has 1 aliphatic heterocycles. The number of imidazole rings is 1. The molecule has 7 heteroatoms. The summed E-state index contributed by atoms with van der Waals surface area (Å²) >= 11 is 0. The number of hydrogen-bond acceptors (Lipinski definition) is 4. The zero-order chi connectivity index (χ0) is 18.7. The van der Waals surface area contributed by atoms with Gasteiger partial charge < -0.3 is 19.5 Å². The highest BCUT2D eigenvalue weighted by atomic mass is 16.5. The molecule has 0 unspecified atom stereocenters. The van der Waals surface area contributed by atoms with Gasteiger partial charge in [-0.15, -0.1) is 0 Å². The maximum atomic E-state index is 12.7. The number of carbonyl (C=O) groups is 2. The summed E-state index contributed by atoms with van der Waals surface area (Å²) < 4.78 is 7.21. The van der Waals surface area contributed by atoms with Crippen LogP contribution in [0.1, 0.15) is 26.6 Å². The number of nitrogens with zero attached hydrogens (tertiary/aromatic N) is 3. The van der Waals surface area contributed by atoms with Crippen LogP contribution in [-0.2, 0) is 27.4 Å². The van der Waals surface area contributed by atoms with Crippen molar-refractivity contribution < 1.29 is 14.3 Å². The third-order valence-electron chi connectivity index (χ3n) is 4.48. The lowest BCUT2D eigenvalue weighted by Crippen LogP contribution is -2.42. The molecule has 140 valence electrons. The summed E-state index contributed by atoms with van der Waals surface area (Å²) in [4.78, 5) is 31.3. The van der Waals surface area contributed by atoms with Crippen LogP contribution in [0, 0.1) is 5.41 Å². The number of fused-ring (bicyclic) bond motifs is 1. The first kappa shape index (κ1) is 18.4. The number of amides is 2. The van der Waals surface area contributed by atoms with Gasteiger partial charge in [0.1, 0.15) is 12.4 Å². The maximum absolute atomic E-state index is 12.7. The maximum Gasteiger partial charge on any atom is 0.242 e. The monoisotopic (exact) mass is 358 g/mol. The SMILES string of the molecule is CC(C)(C)C(=O)NCc1nc2ccccc2n1CC(=O)N1CCOCC1. The second-order valence-electron chi connectivity index (χ2n) is 7.53. The van der Waals surface area contributed by atoms with Crippen molar-refractivity contribution in [2.75, 3.05) is 26.3 Å². The van der Waals surface area contributed by atoms with Crippen LogP contribution >= 0.6 is 0 Å². The third-order valence-corrected chi connectivity index (χ3v) is 4.48. The molecule has 1 saturated heterocycles. The Balaban J connectivity index is 1.82. The number of hydrogen-bond donors (Lipinski definition) is 1. The summed E-state index contributed by atoms with van der Waals surface area (Å²) in [5.41, 5.74) is 1.25. The second-order valence-corrected chi connectivity index (χ2v) is 7.53. The van der Waals surface area contributed by atoms with Crippen molar-refractivity contribution in [3.63, 3.8) is 0 Å². The van der Waals surface area contributed by atoms with Gasteiger partial charge in [0.15, 0.2) is 0 Å². The van der Waals surface area contributed by atoms with E-state index in [-0.39, 0.29) is 18.4 Å². The zero-order valence-electron chi connectivity index (χ0n) is 15.6. The molecule has 26 heavy (non-hydrogen) atoms. The first-order chi connectivity index (χ1) is 12.4. The Labute approximate surface area is 153 Å². The fourth-order valence-electron chi connectivity index (χ4n) is 2.91. The molecule has 0 aliphatic carbocycles. The number of ether oxygens (including phenoxy) is 1. The molecule has 1 aromatic heterocycles. The summed E-state index contributed by atoms with van der Waals surface area (Å²) in [7, 11) is 0. The van der Waals surface area contributed by atoms with E-state index in [0.29, 0.717) is 38.7 Å². The van der Waals surface area contributed by atoms with E-state index in [1.807, 2.05) is 54.5 Å². The number of aromatic nitrogens is 2. The van der Waals surface area contributed by atoms with E-state index in [9.17, 15) is 9.59 Å². The summed E-state index contributed by atoms with van der Waals surface area (Å²) in [6, 6.07) is 7.71. The van der Waals surface area contributed by atoms with Crippen molar-refractivity contribution in [3.8, 4) is 0 Å². The van der Waals surface area contributed by atoms with Gasteiger partial charge >= 0.3 is 0 Å². The minimum Gasteiger partial charge on any atom is -0.378 e. The average molecular weight is 358 g/mol. The van der Waals surface area contributed by atoms with Crippen molar-refractivity contribution in [2.45, 2.75) is 33.9 Å². The standard InChI is InChI=1S/C19H26N4O3/c1-19(2,3)18(25)20-12-16-21-14-6-4-5-7-15(14)23(16)13-17(24)22-8-10-26-11-9-22/h4-7H,8-13H2,1-3H3,(H,20,25). The Morgan fingerprint density at radius 3 is 2.58 bits per heavy atom. The minimum atomic E-state index is -0.472. The van der Waals surface area contributed by atoms with Gasteiger partial charge in [0, 0.05) is 18.5 Å². The largest absolute Gasteiger partial charge is 0.378 e. The first-order valence-corrected chi connectivity index (χ1v) is 8.94. The highest BCUT2D eigenvalue weighted by Crippen LogP contribution is 2.18. The summed E-state index contributed by atoms with van der Waals surface area (Å²) in [6.45, 7) is 8.48. The number of para-hydroxylation sites is 2. The first-order valence-electron chi connectivity index (χ1n) is 8.94. The topological polar surface area (TPSA) is 76.5 Å². The molecular formula is C19H26N4O3. The van der Waals surface area contributed by atoms with Crippen molar-refractivity contribution in [1.82, 2.24) is 19.8 Å². The van der Waals surface area contributed by atoms with E-state index in [2.05, 4.69) is 10.3 Å². The van der Waals surface area contributed by atoms with E-state index in [4.69, 9.17) is 4.74 Å². The fourth-order valence-corrected chi connectivity index (χ4v) is 2.91. The van der Waals surface area contributed by atoms with Gasteiger partial charge in [-0.1, -0.05) is 32.9 Å². The molecule has 0 spiro atoms. The highest BCUT2D eigenvalue weighted by molar-refractivity contribution is 5.82. The molecule has 1 fully saturated rings. The lowest BCUT2D eigenvalue weighted by atomic mass is 9.96. The van der Waals surface area contributed by atoms with Gasteiger partial charge in [-0.3, -0.25) is 9.59 Å². The average Bonchev–Trinajstić information content (AvgIpc) is 2.97. The van der Waals surface area contributed by atoms with Crippen LogP contribution < -0.4 is 5.32 Å². The molecular weight excluding hydrogens is 332 g/mol. The number of benzene rings is 1.